The van der Waals surface area contributed by atoms with Gasteiger partial charge in [0.15, 0.2) is 0 Å². The molecule has 3 amide bonds. The topological polar surface area (TPSA) is 40.6 Å². The van der Waals surface area contributed by atoms with Crippen molar-refractivity contribution in [1.82, 2.24) is 9.80 Å². The molecule has 1 unspecified atom stereocenters. The molecule has 0 bridgehead atoms. The maximum atomic E-state index is 12.1. The summed E-state index contributed by atoms with van der Waals surface area (Å²) in [5.74, 6) is -0.0305. The average molecular weight is 315 g/mol. The molecule has 6 heteroatoms. The van der Waals surface area contributed by atoms with Gasteiger partial charge < -0.3 is 4.90 Å². The normalized spacial score (nSPS) is 23.7. The van der Waals surface area contributed by atoms with Crippen LogP contribution in [-0.4, -0.2) is 34.3 Å². The zero-order valence-electron chi connectivity index (χ0n) is 9.06. The van der Waals surface area contributed by atoms with E-state index >= 15 is 0 Å². The molecule has 3 heterocycles. The van der Waals surface area contributed by atoms with Crippen molar-refractivity contribution >= 4 is 39.2 Å². The van der Waals surface area contributed by atoms with Gasteiger partial charge in [0.05, 0.1) is 10.3 Å². The summed E-state index contributed by atoms with van der Waals surface area (Å²) in [7, 11) is 0. The highest BCUT2D eigenvalue weighted by Gasteiger charge is 2.47. The van der Waals surface area contributed by atoms with Crippen LogP contribution in [0.4, 0.5) is 4.79 Å². The summed E-state index contributed by atoms with van der Waals surface area (Å²) < 4.78 is 1.02. The van der Waals surface area contributed by atoms with E-state index in [9.17, 15) is 9.59 Å². The summed E-state index contributed by atoms with van der Waals surface area (Å²) in [5, 5.41) is 0. The highest BCUT2D eigenvalue weighted by Crippen LogP contribution is 2.30. The quantitative estimate of drug-likeness (QED) is 0.787. The van der Waals surface area contributed by atoms with Crippen molar-refractivity contribution in [3.05, 3.63) is 20.8 Å². The lowest BCUT2D eigenvalue weighted by molar-refractivity contribution is -0.128. The van der Waals surface area contributed by atoms with E-state index in [-0.39, 0.29) is 18.0 Å². The molecular formula is C11H11BrN2O2S. The number of carbonyl (C=O) groups excluding carboxylic acids is 2. The average Bonchev–Trinajstić information content (AvgIpc) is 2.96. The van der Waals surface area contributed by atoms with Crippen molar-refractivity contribution in [1.29, 1.82) is 0 Å². The van der Waals surface area contributed by atoms with Crippen LogP contribution in [0, 0.1) is 0 Å². The van der Waals surface area contributed by atoms with Crippen LogP contribution in [0.15, 0.2) is 15.9 Å². The van der Waals surface area contributed by atoms with E-state index in [1.807, 2.05) is 12.1 Å². The number of hydrogen-bond acceptors (Lipinski definition) is 3. The molecule has 0 saturated carbocycles. The van der Waals surface area contributed by atoms with Crippen LogP contribution >= 0.6 is 27.3 Å². The molecule has 4 nitrogen and oxygen atoms in total. The van der Waals surface area contributed by atoms with Gasteiger partial charge in [0.1, 0.15) is 6.04 Å². The fourth-order valence-electron chi connectivity index (χ4n) is 2.42. The van der Waals surface area contributed by atoms with E-state index in [1.54, 1.807) is 16.2 Å². The smallest absolute Gasteiger partial charge is 0.312 e. The predicted molar refractivity (Wildman–Crippen MR) is 67.7 cm³/mol. The Labute approximate surface area is 111 Å². The molecule has 2 saturated heterocycles. The molecule has 2 aliphatic heterocycles. The van der Waals surface area contributed by atoms with Gasteiger partial charge in [0, 0.05) is 11.4 Å². The second kappa shape index (κ2) is 4.10. The van der Waals surface area contributed by atoms with Crippen LogP contribution in [-0.2, 0) is 11.3 Å². The third kappa shape index (κ3) is 1.79. The van der Waals surface area contributed by atoms with Gasteiger partial charge in [-0.3, -0.25) is 9.69 Å². The third-order valence-electron chi connectivity index (χ3n) is 3.22. The van der Waals surface area contributed by atoms with Crippen molar-refractivity contribution in [2.75, 3.05) is 6.54 Å². The number of fused-ring (bicyclic) bond motifs is 1. The maximum absolute atomic E-state index is 12.1. The molecule has 1 aromatic heterocycles. The first-order valence-corrected chi connectivity index (χ1v) is 7.14. The third-order valence-corrected chi connectivity index (χ3v) is 4.83. The van der Waals surface area contributed by atoms with Gasteiger partial charge in [-0.25, -0.2) is 4.79 Å². The zero-order chi connectivity index (χ0) is 12.0. The monoisotopic (exact) mass is 314 g/mol. The summed E-state index contributed by atoms with van der Waals surface area (Å²) >= 11 is 4.94. The molecule has 0 N–H and O–H groups in total. The number of carbonyl (C=O) groups is 2. The highest BCUT2D eigenvalue weighted by molar-refractivity contribution is 9.11. The van der Waals surface area contributed by atoms with Gasteiger partial charge in [0.25, 0.3) is 5.91 Å². The van der Waals surface area contributed by atoms with Crippen molar-refractivity contribution in [3.63, 3.8) is 0 Å². The van der Waals surface area contributed by atoms with Gasteiger partial charge >= 0.3 is 6.03 Å². The van der Waals surface area contributed by atoms with Crippen LogP contribution in [0.1, 0.15) is 17.7 Å². The Balaban J connectivity index is 1.80. The molecule has 2 aliphatic rings. The Morgan fingerprint density at radius 1 is 1.41 bits per heavy atom. The number of nitrogens with zero attached hydrogens (tertiary/aromatic N) is 2. The van der Waals surface area contributed by atoms with Gasteiger partial charge in [0.2, 0.25) is 0 Å². The molecule has 0 aliphatic carbocycles. The SMILES string of the molecule is O=C1C2CCCN2C(=O)N1Cc1ccc(Br)s1. The Kier molecular flexibility index (Phi) is 2.71. The summed E-state index contributed by atoms with van der Waals surface area (Å²) in [6.07, 6.45) is 1.76. The van der Waals surface area contributed by atoms with E-state index in [2.05, 4.69) is 15.9 Å². The number of halogens is 1. The minimum Gasteiger partial charge on any atom is -0.312 e. The standard InChI is InChI=1S/C11H11BrN2O2S/c12-9-4-3-7(17-9)6-14-10(15)8-2-1-5-13(8)11(14)16/h3-4,8H,1-2,5-6H2. The first-order valence-electron chi connectivity index (χ1n) is 5.53. The minimum atomic E-state index is -0.189. The molecule has 90 valence electrons. The van der Waals surface area contributed by atoms with Crippen LogP contribution in [0.2, 0.25) is 0 Å². The summed E-state index contributed by atoms with van der Waals surface area (Å²) in [6, 6.07) is 3.57. The first-order chi connectivity index (χ1) is 8.16. The zero-order valence-corrected chi connectivity index (χ0v) is 11.5. The molecule has 3 rings (SSSR count). The molecule has 1 aromatic rings. The van der Waals surface area contributed by atoms with Crippen molar-refractivity contribution in [3.8, 4) is 0 Å². The van der Waals surface area contributed by atoms with Gasteiger partial charge in [-0.05, 0) is 40.9 Å². The first kappa shape index (κ1) is 11.2. The van der Waals surface area contributed by atoms with E-state index in [0.717, 1.165) is 28.0 Å². The van der Waals surface area contributed by atoms with Gasteiger partial charge in [-0.15, -0.1) is 11.3 Å². The molecule has 0 spiro atoms. The molecular weight excluding hydrogens is 304 g/mol. The van der Waals surface area contributed by atoms with Crippen molar-refractivity contribution < 1.29 is 9.59 Å². The van der Waals surface area contributed by atoms with Crippen LogP contribution < -0.4 is 0 Å². The van der Waals surface area contributed by atoms with Gasteiger partial charge in [-0.2, -0.15) is 0 Å². The molecule has 0 aromatic carbocycles. The largest absolute Gasteiger partial charge is 0.327 e. The number of hydrogen-bond donors (Lipinski definition) is 0. The van der Waals surface area contributed by atoms with Gasteiger partial charge in [-0.1, -0.05) is 0 Å². The maximum Gasteiger partial charge on any atom is 0.327 e. The number of urea groups is 1. The molecule has 2 fully saturated rings. The lowest BCUT2D eigenvalue weighted by atomic mass is 10.2. The summed E-state index contributed by atoms with van der Waals surface area (Å²) in [6.45, 7) is 1.13. The van der Waals surface area contributed by atoms with Crippen LogP contribution in [0.3, 0.4) is 0 Å². The van der Waals surface area contributed by atoms with Crippen LogP contribution in [0.25, 0.3) is 0 Å². The molecule has 17 heavy (non-hydrogen) atoms. The predicted octanol–water partition coefficient (Wildman–Crippen LogP) is 2.44. The van der Waals surface area contributed by atoms with E-state index in [0.29, 0.717) is 6.54 Å². The molecule has 0 radical (unpaired) electrons. The van der Waals surface area contributed by atoms with Crippen molar-refractivity contribution in [2.24, 2.45) is 0 Å². The fraction of sp³-hybridized carbons (Fsp3) is 0.455. The van der Waals surface area contributed by atoms with Crippen LogP contribution in [0.5, 0.6) is 0 Å². The molecule has 1 atom stereocenters. The summed E-state index contributed by atoms with van der Waals surface area (Å²) in [4.78, 5) is 28.2. The number of rotatable bonds is 2. The Bertz CT molecular complexity index is 466. The summed E-state index contributed by atoms with van der Waals surface area (Å²) in [5.41, 5.74) is 0. The van der Waals surface area contributed by atoms with Crippen molar-refractivity contribution in [2.45, 2.75) is 25.4 Å². The second-order valence-corrected chi connectivity index (χ2v) is 6.81. The Morgan fingerprint density at radius 2 is 2.24 bits per heavy atom. The minimum absolute atomic E-state index is 0.0305. The Morgan fingerprint density at radius 3 is 2.88 bits per heavy atom. The van der Waals surface area contributed by atoms with E-state index < -0.39 is 0 Å². The number of amides is 3. The van der Waals surface area contributed by atoms with E-state index in [4.69, 9.17) is 0 Å². The van der Waals surface area contributed by atoms with E-state index in [1.165, 1.54) is 4.90 Å². The lowest BCUT2D eigenvalue weighted by Crippen LogP contribution is -2.32. The number of thiophene rings is 1. The lowest BCUT2D eigenvalue weighted by Gasteiger charge is -2.14. The Hall–Kier alpha value is -0.880. The number of imide groups is 1. The second-order valence-electron chi connectivity index (χ2n) is 4.26. The highest BCUT2D eigenvalue weighted by atomic mass is 79.9. The fourth-order valence-corrected chi connectivity index (χ4v) is 3.89.